The van der Waals surface area contributed by atoms with Gasteiger partial charge in [-0.05, 0) is 18.9 Å². The highest BCUT2D eigenvalue weighted by atomic mass is 35.5. The van der Waals surface area contributed by atoms with E-state index in [1.54, 1.807) is 12.3 Å². The lowest BCUT2D eigenvalue weighted by atomic mass is 9.93. The van der Waals surface area contributed by atoms with Crippen molar-refractivity contribution in [2.45, 2.75) is 24.7 Å². The molecule has 1 fully saturated rings. The standard InChI is InChI=1S/C11H12ClNO3/c1-16-10-9(7(12)2-5-13-10)11(3-4-11)6-8(14)15/h2,5H,3-4,6H2,1H3,(H,14,15). The van der Waals surface area contributed by atoms with E-state index in [2.05, 4.69) is 4.98 Å². The average Bonchev–Trinajstić information content (AvgIpc) is 2.97. The molecule has 0 radical (unpaired) electrons. The number of ether oxygens (including phenoxy) is 1. The zero-order valence-corrected chi connectivity index (χ0v) is 9.62. The van der Waals surface area contributed by atoms with Crippen molar-refractivity contribution >= 4 is 17.6 Å². The van der Waals surface area contributed by atoms with Crippen LogP contribution in [0.4, 0.5) is 0 Å². The zero-order chi connectivity index (χ0) is 11.8. The van der Waals surface area contributed by atoms with Crippen molar-refractivity contribution in [2.75, 3.05) is 7.11 Å². The summed E-state index contributed by atoms with van der Waals surface area (Å²) in [6, 6.07) is 1.67. The first-order chi connectivity index (χ1) is 7.59. The van der Waals surface area contributed by atoms with Gasteiger partial charge < -0.3 is 9.84 Å². The molecule has 5 heteroatoms. The Balaban J connectivity index is 2.43. The Morgan fingerprint density at radius 3 is 2.88 bits per heavy atom. The Hall–Kier alpha value is -1.29. The molecule has 16 heavy (non-hydrogen) atoms. The SMILES string of the molecule is COc1nccc(Cl)c1C1(CC(=O)O)CC1. The number of aliphatic carboxylic acids is 1. The Kier molecular flexibility index (Phi) is 2.76. The van der Waals surface area contributed by atoms with E-state index in [4.69, 9.17) is 21.4 Å². The number of carboxylic acid groups (broad SMARTS) is 1. The summed E-state index contributed by atoms with van der Waals surface area (Å²) < 4.78 is 5.15. The average molecular weight is 242 g/mol. The van der Waals surface area contributed by atoms with E-state index >= 15 is 0 Å². The van der Waals surface area contributed by atoms with E-state index in [1.807, 2.05) is 0 Å². The van der Waals surface area contributed by atoms with E-state index < -0.39 is 5.97 Å². The van der Waals surface area contributed by atoms with Crippen LogP contribution in [0.1, 0.15) is 24.8 Å². The van der Waals surface area contributed by atoms with Crippen LogP contribution in [0.2, 0.25) is 5.02 Å². The molecule has 1 aromatic rings. The fraction of sp³-hybridized carbons (Fsp3) is 0.455. The third kappa shape index (κ3) is 1.85. The summed E-state index contributed by atoms with van der Waals surface area (Å²) in [6.45, 7) is 0. The number of rotatable bonds is 4. The number of halogens is 1. The highest BCUT2D eigenvalue weighted by molar-refractivity contribution is 6.31. The van der Waals surface area contributed by atoms with E-state index in [0.29, 0.717) is 10.9 Å². The summed E-state index contributed by atoms with van der Waals surface area (Å²) in [7, 11) is 1.51. The molecule has 1 saturated carbocycles. The molecule has 1 aliphatic carbocycles. The Morgan fingerprint density at radius 2 is 2.38 bits per heavy atom. The van der Waals surface area contributed by atoms with Gasteiger partial charge >= 0.3 is 5.97 Å². The second-order valence-electron chi connectivity index (χ2n) is 4.03. The van der Waals surface area contributed by atoms with Gasteiger partial charge in [-0.2, -0.15) is 0 Å². The number of methoxy groups -OCH3 is 1. The van der Waals surface area contributed by atoms with Gasteiger partial charge in [-0.3, -0.25) is 4.79 Å². The normalized spacial score (nSPS) is 16.9. The number of aromatic nitrogens is 1. The molecular weight excluding hydrogens is 230 g/mol. The maximum absolute atomic E-state index is 10.8. The van der Waals surface area contributed by atoms with Crippen molar-refractivity contribution in [3.05, 3.63) is 22.8 Å². The van der Waals surface area contributed by atoms with Crippen molar-refractivity contribution in [3.8, 4) is 5.88 Å². The molecule has 1 N–H and O–H groups in total. The third-order valence-electron chi connectivity index (χ3n) is 2.93. The predicted octanol–water partition coefficient (Wildman–Crippen LogP) is 2.25. The summed E-state index contributed by atoms with van der Waals surface area (Å²) in [6.07, 6.45) is 3.28. The number of nitrogens with zero attached hydrogens (tertiary/aromatic N) is 1. The first kappa shape index (κ1) is 11.2. The van der Waals surface area contributed by atoms with Crippen molar-refractivity contribution in [3.63, 3.8) is 0 Å². The van der Waals surface area contributed by atoms with Crippen LogP contribution in [0, 0.1) is 0 Å². The fourth-order valence-electron chi connectivity index (χ4n) is 2.01. The molecule has 0 aliphatic heterocycles. The van der Waals surface area contributed by atoms with Gasteiger partial charge in [0.05, 0.1) is 18.6 Å². The lowest BCUT2D eigenvalue weighted by Crippen LogP contribution is -2.15. The van der Waals surface area contributed by atoms with Crippen LogP contribution >= 0.6 is 11.6 Å². The van der Waals surface area contributed by atoms with Gasteiger partial charge in [-0.15, -0.1) is 0 Å². The molecule has 2 rings (SSSR count). The number of carboxylic acids is 1. The van der Waals surface area contributed by atoms with Crippen LogP contribution in [-0.2, 0) is 10.2 Å². The van der Waals surface area contributed by atoms with Crippen LogP contribution in [-0.4, -0.2) is 23.2 Å². The molecule has 86 valence electrons. The van der Waals surface area contributed by atoms with Crippen LogP contribution in [0.5, 0.6) is 5.88 Å². The lowest BCUT2D eigenvalue weighted by Gasteiger charge is -2.17. The van der Waals surface area contributed by atoms with Crippen LogP contribution in [0.3, 0.4) is 0 Å². The number of hydrogen-bond acceptors (Lipinski definition) is 3. The topological polar surface area (TPSA) is 59.4 Å². The van der Waals surface area contributed by atoms with Gasteiger partial charge in [0.15, 0.2) is 0 Å². The van der Waals surface area contributed by atoms with E-state index in [-0.39, 0.29) is 11.8 Å². The van der Waals surface area contributed by atoms with Crippen LogP contribution in [0.25, 0.3) is 0 Å². The molecule has 1 heterocycles. The molecule has 0 unspecified atom stereocenters. The van der Waals surface area contributed by atoms with E-state index in [1.165, 1.54) is 7.11 Å². The third-order valence-corrected chi connectivity index (χ3v) is 3.25. The highest BCUT2D eigenvalue weighted by Crippen LogP contribution is 2.55. The lowest BCUT2D eigenvalue weighted by molar-refractivity contribution is -0.137. The zero-order valence-electron chi connectivity index (χ0n) is 8.86. The van der Waals surface area contributed by atoms with E-state index in [9.17, 15) is 4.79 Å². The predicted molar refractivity (Wildman–Crippen MR) is 59.0 cm³/mol. The second-order valence-corrected chi connectivity index (χ2v) is 4.44. The molecule has 0 bridgehead atoms. The largest absolute Gasteiger partial charge is 0.481 e. The van der Waals surface area contributed by atoms with Gasteiger partial charge in [0.25, 0.3) is 0 Å². The monoisotopic (exact) mass is 241 g/mol. The number of pyridine rings is 1. The van der Waals surface area contributed by atoms with Gasteiger partial charge in [-0.25, -0.2) is 4.98 Å². The van der Waals surface area contributed by atoms with Gasteiger partial charge in [0.1, 0.15) is 0 Å². The first-order valence-electron chi connectivity index (χ1n) is 5.00. The molecule has 0 atom stereocenters. The minimum absolute atomic E-state index is 0.0781. The molecule has 0 aromatic carbocycles. The second kappa shape index (κ2) is 3.94. The fourth-order valence-corrected chi connectivity index (χ4v) is 2.35. The van der Waals surface area contributed by atoms with Crippen molar-refractivity contribution in [1.29, 1.82) is 0 Å². The summed E-state index contributed by atoms with van der Waals surface area (Å²) in [5.74, 6) is -0.384. The molecular formula is C11H12ClNO3. The summed E-state index contributed by atoms with van der Waals surface area (Å²) in [5.41, 5.74) is 0.365. The minimum Gasteiger partial charge on any atom is -0.481 e. The quantitative estimate of drug-likeness (QED) is 0.878. The summed E-state index contributed by atoms with van der Waals surface area (Å²) >= 11 is 6.10. The first-order valence-corrected chi connectivity index (χ1v) is 5.38. The molecule has 0 spiro atoms. The molecule has 0 saturated heterocycles. The van der Waals surface area contributed by atoms with Crippen LogP contribution in [0.15, 0.2) is 12.3 Å². The van der Waals surface area contributed by atoms with Crippen molar-refractivity contribution in [1.82, 2.24) is 4.98 Å². The number of carbonyl (C=O) groups is 1. The molecule has 0 amide bonds. The highest BCUT2D eigenvalue weighted by Gasteiger charge is 2.49. The number of hydrogen-bond donors (Lipinski definition) is 1. The van der Waals surface area contributed by atoms with Crippen molar-refractivity contribution < 1.29 is 14.6 Å². The Morgan fingerprint density at radius 1 is 1.69 bits per heavy atom. The Bertz CT molecular complexity index is 429. The Labute approximate surface area is 98.2 Å². The van der Waals surface area contributed by atoms with Gasteiger partial charge in [0.2, 0.25) is 5.88 Å². The minimum atomic E-state index is -0.820. The summed E-state index contributed by atoms with van der Waals surface area (Å²) in [4.78, 5) is 14.9. The molecule has 1 aromatic heterocycles. The van der Waals surface area contributed by atoms with Gasteiger partial charge in [0, 0.05) is 17.2 Å². The van der Waals surface area contributed by atoms with E-state index in [0.717, 1.165) is 18.4 Å². The smallest absolute Gasteiger partial charge is 0.304 e. The van der Waals surface area contributed by atoms with Crippen LogP contribution < -0.4 is 4.74 Å². The molecule has 4 nitrogen and oxygen atoms in total. The summed E-state index contributed by atoms with van der Waals surface area (Å²) in [5, 5.41) is 9.43. The van der Waals surface area contributed by atoms with Crippen molar-refractivity contribution in [2.24, 2.45) is 0 Å². The maximum atomic E-state index is 10.8. The molecule has 1 aliphatic rings. The maximum Gasteiger partial charge on any atom is 0.304 e. The van der Waals surface area contributed by atoms with Gasteiger partial charge in [-0.1, -0.05) is 11.6 Å².